The van der Waals surface area contributed by atoms with Gasteiger partial charge in [0.2, 0.25) is 5.91 Å². The fraction of sp³-hybridized carbons (Fsp3) is 0.714. The number of thioether (sulfide) groups is 1. The van der Waals surface area contributed by atoms with Crippen LogP contribution in [-0.4, -0.2) is 38.5 Å². The van der Waals surface area contributed by atoms with E-state index >= 15 is 0 Å². The Kier molecular flexibility index (Phi) is 4.37. The molecule has 0 bridgehead atoms. The standard InChI is InChI=1S/C14H21N5O2S/c1-8(2)12-17-18-14(19(12)10-5-6-10)22-7-11(20)16-13(21)15-9-3-4-9/h8-10H,3-7H2,1-2H3,(H2,15,16,20,21). The van der Waals surface area contributed by atoms with Crippen molar-refractivity contribution in [1.82, 2.24) is 25.4 Å². The van der Waals surface area contributed by atoms with Gasteiger partial charge in [-0.3, -0.25) is 10.1 Å². The Labute approximate surface area is 133 Å². The number of urea groups is 1. The van der Waals surface area contributed by atoms with E-state index in [0.29, 0.717) is 12.0 Å². The second kappa shape index (κ2) is 6.28. The molecular weight excluding hydrogens is 302 g/mol. The summed E-state index contributed by atoms with van der Waals surface area (Å²) >= 11 is 1.34. The average molecular weight is 323 g/mol. The molecule has 0 saturated heterocycles. The molecule has 2 saturated carbocycles. The van der Waals surface area contributed by atoms with Crippen molar-refractivity contribution in [2.24, 2.45) is 0 Å². The van der Waals surface area contributed by atoms with E-state index in [4.69, 9.17) is 0 Å². The number of hydrogen-bond acceptors (Lipinski definition) is 5. The summed E-state index contributed by atoms with van der Waals surface area (Å²) in [4.78, 5) is 23.3. The highest BCUT2D eigenvalue weighted by Crippen LogP contribution is 2.40. The van der Waals surface area contributed by atoms with Crippen LogP contribution < -0.4 is 10.6 Å². The summed E-state index contributed by atoms with van der Waals surface area (Å²) in [5.41, 5.74) is 0. The molecule has 3 rings (SSSR count). The molecule has 8 heteroatoms. The van der Waals surface area contributed by atoms with Crippen LogP contribution >= 0.6 is 11.8 Å². The van der Waals surface area contributed by atoms with Gasteiger partial charge in [-0.25, -0.2) is 4.79 Å². The third-order valence-electron chi connectivity index (χ3n) is 3.62. The van der Waals surface area contributed by atoms with E-state index in [1.807, 2.05) is 0 Å². The zero-order chi connectivity index (χ0) is 15.7. The number of nitrogens with one attached hydrogen (secondary N) is 2. The molecule has 0 aliphatic heterocycles. The maximum atomic E-state index is 11.8. The first kappa shape index (κ1) is 15.3. The highest BCUT2D eigenvalue weighted by atomic mass is 32.2. The third kappa shape index (κ3) is 3.79. The third-order valence-corrected chi connectivity index (χ3v) is 4.56. The van der Waals surface area contributed by atoms with Gasteiger partial charge in [-0.05, 0) is 25.7 Å². The minimum absolute atomic E-state index is 0.168. The highest BCUT2D eigenvalue weighted by molar-refractivity contribution is 7.99. The minimum atomic E-state index is -0.403. The lowest BCUT2D eigenvalue weighted by Crippen LogP contribution is -2.41. The van der Waals surface area contributed by atoms with Gasteiger partial charge in [0.25, 0.3) is 0 Å². The molecule has 2 fully saturated rings. The van der Waals surface area contributed by atoms with Crippen molar-refractivity contribution in [2.45, 2.75) is 62.7 Å². The largest absolute Gasteiger partial charge is 0.335 e. The monoisotopic (exact) mass is 323 g/mol. The van der Waals surface area contributed by atoms with Crippen LogP contribution in [0.15, 0.2) is 5.16 Å². The maximum absolute atomic E-state index is 11.8. The van der Waals surface area contributed by atoms with Crippen molar-refractivity contribution in [3.05, 3.63) is 5.82 Å². The van der Waals surface area contributed by atoms with Gasteiger partial charge < -0.3 is 9.88 Å². The topological polar surface area (TPSA) is 88.9 Å². The fourth-order valence-electron chi connectivity index (χ4n) is 2.20. The van der Waals surface area contributed by atoms with Gasteiger partial charge in [-0.1, -0.05) is 25.6 Å². The Hall–Kier alpha value is -1.57. The van der Waals surface area contributed by atoms with Crippen LogP contribution in [0, 0.1) is 0 Å². The van der Waals surface area contributed by atoms with Gasteiger partial charge in [-0.2, -0.15) is 0 Å². The molecule has 1 heterocycles. The molecule has 0 aromatic carbocycles. The number of imide groups is 1. The normalized spacial score (nSPS) is 17.6. The molecule has 2 N–H and O–H groups in total. The summed E-state index contributed by atoms with van der Waals surface area (Å²) in [7, 11) is 0. The second-order valence-electron chi connectivity index (χ2n) is 6.18. The molecule has 3 amide bonds. The summed E-state index contributed by atoms with van der Waals surface area (Å²) in [6, 6.07) is 0.308. The highest BCUT2D eigenvalue weighted by Gasteiger charge is 2.30. The van der Waals surface area contributed by atoms with Crippen LogP contribution in [-0.2, 0) is 4.79 Å². The fourth-order valence-corrected chi connectivity index (χ4v) is 3.01. The van der Waals surface area contributed by atoms with Crippen molar-refractivity contribution in [2.75, 3.05) is 5.75 Å². The zero-order valence-corrected chi connectivity index (χ0v) is 13.7. The van der Waals surface area contributed by atoms with E-state index in [1.54, 1.807) is 0 Å². The smallest absolute Gasteiger partial charge is 0.321 e. The number of aromatic nitrogens is 3. The molecule has 2 aliphatic carbocycles. The van der Waals surface area contributed by atoms with Crippen molar-refractivity contribution in [1.29, 1.82) is 0 Å². The minimum Gasteiger partial charge on any atom is -0.335 e. The van der Waals surface area contributed by atoms with Crippen molar-refractivity contribution < 1.29 is 9.59 Å². The lowest BCUT2D eigenvalue weighted by atomic mass is 10.2. The summed E-state index contributed by atoms with van der Waals surface area (Å²) in [5.74, 6) is 1.14. The van der Waals surface area contributed by atoms with Crippen LogP contribution in [0.3, 0.4) is 0 Å². The molecule has 1 aromatic rings. The Morgan fingerprint density at radius 2 is 2.00 bits per heavy atom. The predicted molar refractivity (Wildman–Crippen MR) is 82.8 cm³/mol. The number of carbonyl (C=O) groups is 2. The SMILES string of the molecule is CC(C)c1nnc(SCC(=O)NC(=O)NC2CC2)n1C1CC1. The Bertz CT molecular complexity index is 578. The summed E-state index contributed by atoms with van der Waals surface area (Å²) < 4.78 is 2.15. The van der Waals surface area contributed by atoms with E-state index in [9.17, 15) is 9.59 Å². The predicted octanol–water partition coefficient (Wildman–Crippen LogP) is 1.82. The maximum Gasteiger partial charge on any atom is 0.321 e. The second-order valence-corrected chi connectivity index (χ2v) is 7.12. The van der Waals surface area contributed by atoms with Crippen molar-refractivity contribution in [3.63, 3.8) is 0 Å². The van der Waals surface area contributed by atoms with Crippen LogP contribution in [0.25, 0.3) is 0 Å². The molecule has 7 nitrogen and oxygen atoms in total. The van der Waals surface area contributed by atoms with E-state index in [1.165, 1.54) is 11.8 Å². The van der Waals surface area contributed by atoms with E-state index in [2.05, 4.69) is 39.2 Å². The summed E-state index contributed by atoms with van der Waals surface area (Å²) in [6.07, 6.45) is 4.28. The van der Waals surface area contributed by atoms with Crippen LogP contribution in [0.5, 0.6) is 0 Å². The van der Waals surface area contributed by atoms with Gasteiger partial charge in [-0.15, -0.1) is 10.2 Å². The van der Waals surface area contributed by atoms with Gasteiger partial charge >= 0.3 is 6.03 Å². The number of rotatable bonds is 6. The Morgan fingerprint density at radius 3 is 2.59 bits per heavy atom. The number of hydrogen-bond donors (Lipinski definition) is 2. The quantitative estimate of drug-likeness (QED) is 0.780. The number of carbonyl (C=O) groups excluding carboxylic acids is 2. The number of nitrogens with zero attached hydrogens (tertiary/aromatic N) is 3. The summed E-state index contributed by atoms with van der Waals surface area (Å²) in [6.45, 7) is 4.18. The van der Waals surface area contributed by atoms with E-state index in [0.717, 1.165) is 36.7 Å². The molecular formula is C14H21N5O2S. The molecule has 0 unspecified atom stereocenters. The number of amides is 3. The van der Waals surface area contributed by atoms with Gasteiger partial charge in [0, 0.05) is 18.0 Å². The van der Waals surface area contributed by atoms with Gasteiger partial charge in [0.1, 0.15) is 5.82 Å². The van der Waals surface area contributed by atoms with Crippen molar-refractivity contribution >= 4 is 23.7 Å². The van der Waals surface area contributed by atoms with Crippen molar-refractivity contribution in [3.8, 4) is 0 Å². The van der Waals surface area contributed by atoms with Gasteiger partial charge in [0.05, 0.1) is 5.75 Å². The molecule has 0 radical (unpaired) electrons. The van der Waals surface area contributed by atoms with Crippen LogP contribution in [0.4, 0.5) is 4.79 Å². The molecule has 2 aliphatic rings. The summed E-state index contributed by atoms with van der Waals surface area (Å²) in [5, 5.41) is 14.3. The van der Waals surface area contributed by atoms with E-state index < -0.39 is 6.03 Å². The van der Waals surface area contributed by atoms with E-state index in [-0.39, 0.29) is 17.7 Å². The average Bonchev–Trinajstić information content (AvgIpc) is 3.37. The molecule has 120 valence electrons. The Balaban J connectivity index is 1.54. The first-order valence-electron chi connectivity index (χ1n) is 7.72. The lowest BCUT2D eigenvalue weighted by molar-refractivity contribution is -0.117. The molecule has 0 spiro atoms. The van der Waals surface area contributed by atoms with Gasteiger partial charge in [0.15, 0.2) is 5.16 Å². The molecule has 0 atom stereocenters. The first-order valence-corrected chi connectivity index (χ1v) is 8.71. The van der Waals surface area contributed by atoms with Crippen LogP contribution in [0.1, 0.15) is 57.3 Å². The first-order chi connectivity index (χ1) is 10.5. The van der Waals surface area contributed by atoms with Crippen LogP contribution in [0.2, 0.25) is 0 Å². The zero-order valence-electron chi connectivity index (χ0n) is 12.8. The molecule has 22 heavy (non-hydrogen) atoms. The Morgan fingerprint density at radius 1 is 1.27 bits per heavy atom. The lowest BCUT2D eigenvalue weighted by Gasteiger charge is -2.10. The molecule has 1 aromatic heterocycles.